The van der Waals surface area contributed by atoms with Crippen LogP contribution in [0.3, 0.4) is 0 Å². The molecule has 1 aliphatic rings. The van der Waals surface area contributed by atoms with Gasteiger partial charge < -0.3 is 10.4 Å². The maximum absolute atomic E-state index is 12.9. The number of rotatable bonds is 4. The molecule has 4 heteroatoms. The van der Waals surface area contributed by atoms with Crippen LogP contribution in [0, 0.1) is 11.7 Å². The normalized spacial score (nSPS) is 23.2. The molecule has 2 N–H and O–H groups in total. The van der Waals surface area contributed by atoms with Crippen molar-refractivity contribution in [3.8, 4) is 0 Å². The van der Waals surface area contributed by atoms with Crippen LogP contribution in [0.2, 0.25) is 5.02 Å². The standard InChI is InChI=1S/C13H15ClFNO/c14-12-6-9(2-4-13(12)15)7-16-11-3-1-10(5-11)8-17/h1-4,6,10-11,16-17H,5,7-8H2/t10-,11+/m0/s1. The molecule has 0 aliphatic heterocycles. The van der Waals surface area contributed by atoms with Crippen molar-refractivity contribution in [1.82, 2.24) is 5.32 Å². The van der Waals surface area contributed by atoms with Crippen molar-refractivity contribution < 1.29 is 9.50 Å². The molecule has 1 aliphatic carbocycles. The van der Waals surface area contributed by atoms with Crippen LogP contribution in [-0.2, 0) is 6.54 Å². The third-order valence-electron chi connectivity index (χ3n) is 2.96. The van der Waals surface area contributed by atoms with Crippen molar-refractivity contribution >= 4 is 11.6 Å². The second-order valence-electron chi connectivity index (χ2n) is 4.30. The third-order valence-corrected chi connectivity index (χ3v) is 3.25. The average molecular weight is 256 g/mol. The summed E-state index contributed by atoms with van der Waals surface area (Å²) in [6, 6.07) is 5.00. The van der Waals surface area contributed by atoms with E-state index in [1.165, 1.54) is 6.07 Å². The summed E-state index contributed by atoms with van der Waals surface area (Å²) in [7, 11) is 0. The fourth-order valence-electron chi connectivity index (χ4n) is 1.96. The zero-order chi connectivity index (χ0) is 12.3. The van der Waals surface area contributed by atoms with Crippen molar-refractivity contribution in [2.24, 2.45) is 5.92 Å². The average Bonchev–Trinajstić information content (AvgIpc) is 2.79. The van der Waals surface area contributed by atoms with Crippen LogP contribution >= 0.6 is 11.6 Å². The lowest BCUT2D eigenvalue weighted by atomic mass is 10.1. The Balaban J connectivity index is 1.86. The number of nitrogens with one attached hydrogen (secondary N) is 1. The van der Waals surface area contributed by atoms with Crippen molar-refractivity contribution in [2.45, 2.75) is 19.0 Å². The molecule has 1 aromatic carbocycles. The van der Waals surface area contributed by atoms with Gasteiger partial charge in [0.25, 0.3) is 0 Å². The summed E-state index contributed by atoms with van der Waals surface area (Å²) >= 11 is 5.71. The summed E-state index contributed by atoms with van der Waals surface area (Å²) in [6.07, 6.45) is 4.99. The van der Waals surface area contributed by atoms with Gasteiger partial charge in [-0.05, 0) is 24.1 Å². The van der Waals surface area contributed by atoms with Crippen LogP contribution in [0.15, 0.2) is 30.4 Å². The number of hydrogen-bond donors (Lipinski definition) is 2. The van der Waals surface area contributed by atoms with E-state index in [4.69, 9.17) is 16.7 Å². The first-order chi connectivity index (χ1) is 8.19. The van der Waals surface area contributed by atoms with Crippen LogP contribution in [0.1, 0.15) is 12.0 Å². The van der Waals surface area contributed by atoms with E-state index in [0.717, 1.165) is 12.0 Å². The SMILES string of the molecule is OC[C@H]1C=C[C@@H](NCc2ccc(F)c(Cl)c2)C1. The molecule has 1 aromatic rings. The lowest BCUT2D eigenvalue weighted by Gasteiger charge is -2.12. The first-order valence-corrected chi connectivity index (χ1v) is 6.03. The van der Waals surface area contributed by atoms with E-state index < -0.39 is 5.82 Å². The van der Waals surface area contributed by atoms with E-state index in [-0.39, 0.29) is 23.6 Å². The third kappa shape index (κ3) is 3.28. The van der Waals surface area contributed by atoms with Crippen LogP contribution < -0.4 is 5.32 Å². The quantitative estimate of drug-likeness (QED) is 0.811. The van der Waals surface area contributed by atoms with Gasteiger partial charge in [-0.2, -0.15) is 0 Å². The summed E-state index contributed by atoms with van der Waals surface area (Å²) in [5, 5.41) is 12.5. The molecular formula is C13H15ClFNO. The minimum absolute atomic E-state index is 0.152. The topological polar surface area (TPSA) is 32.3 Å². The van der Waals surface area contributed by atoms with Crippen LogP contribution in [0.25, 0.3) is 0 Å². The maximum Gasteiger partial charge on any atom is 0.141 e. The van der Waals surface area contributed by atoms with E-state index in [1.54, 1.807) is 12.1 Å². The minimum Gasteiger partial charge on any atom is -0.396 e. The Labute approximate surface area is 105 Å². The molecule has 0 spiro atoms. The smallest absolute Gasteiger partial charge is 0.141 e. The van der Waals surface area contributed by atoms with Crippen LogP contribution in [-0.4, -0.2) is 17.8 Å². The lowest BCUT2D eigenvalue weighted by molar-refractivity contribution is 0.246. The maximum atomic E-state index is 12.9. The molecule has 17 heavy (non-hydrogen) atoms. The van der Waals surface area contributed by atoms with Gasteiger partial charge >= 0.3 is 0 Å². The summed E-state index contributed by atoms with van der Waals surface area (Å²) in [5.74, 6) is -0.138. The van der Waals surface area contributed by atoms with Gasteiger partial charge in [0, 0.05) is 25.1 Å². The summed E-state index contributed by atoms with van der Waals surface area (Å²) in [6.45, 7) is 0.838. The summed E-state index contributed by atoms with van der Waals surface area (Å²) in [5.41, 5.74) is 0.956. The minimum atomic E-state index is -0.392. The Hall–Kier alpha value is -0.900. The van der Waals surface area contributed by atoms with E-state index in [9.17, 15) is 4.39 Å². The molecule has 0 aromatic heterocycles. The zero-order valence-electron chi connectivity index (χ0n) is 9.37. The molecule has 2 rings (SSSR count). The number of benzene rings is 1. The van der Waals surface area contributed by atoms with Gasteiger partial charge in [-0.3, -0.25) is 0 Å². The van der Waals surface area contributed by atoms with Crippen molar-refractivity contribution in [2.75, 3.05) is 6.61 Å². The molecule has 0 saturated carbocycles. The van der Waals surface area contributed by atoms with Gasteiger partial charge in [0.2, 0.25) is 0 Å². The number of aliphatic hydroxyl groups is 1. The molecular weight excluding hydrogens is 241 g/mol. The molecule has 0 heterocycles. The zero-order valence-corrected chi connectivity index (χ0v) is 10.1. The van der Waals surface area contributed by atoms with Gasteiger partial charge in [-0.15, -0.1) is 0 Å². The molecule has 2 atom stereocenters. The number of hydrogen-bond acceptors (Lipinski definition) is 2. The molecule has 0 unspecified atom stereocenters. The highest BCUT2D eigenvalue weighted by atomic mass is 35.5. The van der Waals surface area contributed by atoms with Gasteiger partial charge in [0.1, 0.15) is 5.82 Å². The Morgan fingerprint density at radius 3 is 2.88 bits per heavy atom. The van der Waals surface area contributed by atoms with Gasteiger partial charge in [0.15, 0.2) is 0 Å². The van der Waals surface area contributed by atoms with E-state index in [0.29, 0.717) is 6.54 Å². The molecule has 2 nitrogen and oxygen atoms in total. The second kappa shape index (κ2) is 5.63. The van der Waals surface area contributed by atoms with Gasteiger partial charge in [-0.25, -0.2) is 4.39 Å². The molecule has 92 valence electrons. The molecule has 0 bridgehead atoms. The lowest BCUT2D eigenvalue weighted by Crippen LogP contribution is -2.26. The van der Waals surface area contributed by atoms with Gasteiger partial charge in [0.05, 0.1) is 5.02 Å². The molecule has 0 fully saturated rings. The van der Waals surface area contributed by atoms with Gasteiger partial charge in [-0.1, -0.05) is 29.8 Å². The first-order valence-electron chi connectivity index (χ1n) is 5.65. The summed E-state index contributed by atoms with van der Waals surface area (Å²) in [4.78, 5) is 0. The van der Waals surface area contributed by atoms with Crippen molar-refractivity contribution in [3.63, 3.8) is 0 Å². The Kier molecular flexibility index (Phi) is 4.15. The largest absolute Gasteiger partial charge is 0.396 e. The fraction of sp³-hybridized carbons (Fsp3) is 0.385. The highest BCUT2D eigenvalue weighted by molar-refractivity contribution is 6.30. The molecule has 0 amide bonds. The van der Waals surface area contributed by atoms with Crippen molar-refractivity contribution in [1.29, 1.82) is 0 Å². The second-order valence-corrected chi connectivity index (χ2v) is 4.71. The predicted molar refractivity (Wildman–Crippen MR) is 66.4 cm³/mol. The summed E-state index contributed by atoms with van der Waals surface area (Å²) < 4.78 is 12.9. The predicted octanol–water partition coefficient (Wildman–Crippen LogP) is 2.51. The van der Waals surface area contributed by atoms with E-state index in [1.807, 2.05) is 6.08 Å². The first kappa shape index (κ1) is 12.6. The highest BCUT2D eigenvalue weighted by Gasteiger charge is 2.17. The van der Waals surface area contributed by atoms with Crippen molar-refractivity contribution in [3.05, 3.63) is 46.8 Å². The van der Waals surface area contributed by atoms with Crippen LogP contribution in [0.4, 0.5) is 4.39 Å². The van der Waals surface area contributed by atoms with E-state index in [2.05, 4.69) is 11.4 Å². The molecule has 0 radical (unpaired) electrons. The Morgan fingerprint density at radius 2 is 2.24 bits per heavy atom. The monoisotopic (exact) mass is 255 g/mol. The van der Waals surface area contributed by atoms with E-state index >= 15 is 0 Å². The fourth-order valence-corrected chi connectivity index (χ4v) is 2.16. The Bertz CT molecular complexity index is 422. The highest BCUT2D eigenvalue weighted by Crippen LogP contribution is 2.19. The molecule has 0 saturated heterocycles. The number of halogens is 2. The number of aliphatic hydroxyl groups excluding tert-OH is 1. The Morgan fingerprint density at radius 1 is 1.41 bits per heavy atom. The van der Waals surface area contributed by atoms with Crippen LogP contribution in [0.5, 0.6) is 0 Å².